The second kappa shape index (κ2) is 10.4. The summed E-state index contributed by atoms with van der Waals surface area (Å²) < 4.78 is 39.6. The van der Waals surface area contributed by atoms with Gasteiger partial charge in [-0.1, -0.05) is 18.7 Å². The van der Waals surface area contributed by atoms with Crippen molar-refractivity contribution in [3.63, 3.8) is 0 Å². The summed E-state index contributed by atoms with van der Waals surface area (Å²) in [6.07, 6.45) is 1.39. The number of nitrogens with two attached hydrogens (primary N) is 1. The van der Waals surface area contributed by atoms with E-state index in [0.29, 0.717) is 24.2 Å². The molecule has 1 fully saturated rings. The second-order valence-corrected chi connectivity index (χ2v) is 7.95. The molecule has 1 unspecified atom stereocenters. The first kappa shape index (κ1) is 25.5. The third-order valence-corrected chi connectivity index (χ3v) is 5.39. The lowest BCUT2D eigenvalue weighted by Crippen LogP contribution is -2.50. The summed E-state index contributed by atoms with van der Waals surface area (Å²) in [6, 6.07) is 7.80. The quantitative estimate of drug-likeness (QED) is 0.318. The van der Waals surface area contributed by atoms with Gasteiger partial charge in [-0.15, -0.1) is 0 Å². The molecule has 1 atom stereocenters. The minimum absolute atomic E-state index is 0.0913. The van der Waals surface area contributed by atoms with Crippen LogP contribution >= 0.6 is 0 Å². The molecule has 11 heteroatoms. The van der Waals surface area contributed by atoms with Crippen LogP contribution in [-0.2, 0) is 15.8 Å². The van der Waals surface area contributed by atoms with Gasteiger partial charge in [0.1, 0.15) is 5.54 Å². The van der Waals surface area contributed by atoms with Gasteiger partial charge in [-0.3, -0.25) is 19.6 Å². The van der Waals surface area contributed by atoms with E-state index >= 15 is 0 Å². The van der Waals surface area contributed by atoms with E-state index in [1.54, 1.807) is 19.1 Å². The van der Waals surface area contributed by atoms with Gasteiger partial charge in [-0.25, -0.2) is 0 Å². The number of rotatable bonds is 9. The van der Waals surface area contributed by atoms with Gasteiger partial charge in [0.25, 0.3) is 5.91 Å². The molecule has 2 aromatic rings. The van der Waals surface area contributed by atoms with Crippen molar-refractivity contribution in [3.8, 4) is 0 Å². The molecule has 184 valence electrons. The lowest BCUT2D eigenvalue weighted by Gasteiger charge is -2.21. The Morgan fingerprint density at radius 1 is 1.23 bits per heavy atom. The molecular formula is C24H25F3N6O2. The minimum Gasteiger partial charge on any atom is -0.404 e. The topological polar surface area (TPSA) is 121 Å². The average Bonchev–Trinajstić information content (AvgIpc) is 3.60. The highest BCUT2D eigenvalue weighted by molar-refractivity contribution is 6.13. The highest BCUT2D eigenvalue weighted by Crippen LogP contribution is 2.37. The molecule has 0 saturated heterocycles. The van der Waals surface area contributed by atoms with Crippen molar-refractivity contribution < 1.29 is 22.8 Å². The summed E-state index contributed by atoms with van der Waals surface area (Å²) in [5, 5.41) is 8.23. The third-order valence-electron chi connectivity index (χ3n) is 5.39. The van der Waals surface area contributed by atoms with E-state index < -0.39 is 29.2 Å². The number of anilines is 2. The summed E-state index contributed by atoms with van der Waals surface area (Å²) in [6.45, 7) is 5.14. The van der Waals surface area contributed by atoms with Crippen LogP contribution < -0.4 is 21.7 Å². The number of carbonyl (C=O) groups excluding carboxylic acids is 2. The van der Waals surface area contributed by atoms with Gasteiger partial charge in [0.15, 0.2) is 0 Å². The maximum absolute atomic E-state index is 13.2. The van der Waals surface area contributed by atoms with Crippen molar-refractivity contribution in [1.29, 1.82) is 0 Å². The molecule has 0 radical (unpaired) electrons. The number of nitrogens with zero attached hydrogens (tertiary/aromatic N) is 2. The smallest absolute Gasteiger partial charge is 0.404 e. The van der Waals surface area contributed by atoms with E-state index in [0.717, 1.165) is 12.3 Å². The molecular weight excluding hydrogens is 461 g/mol. The van der Waals surface area contributed by atoms with Crippen LogP contribution in [-0.4, -0.2) is 28.6 Å². The number of hydrogen-bond acceptors (Lipinski definition) is 6. The number of benzene rings is 1. The number of para-hydroxylation sites is 1. The van der Waals surface area contributed by atoms with Crippen LogP contribution in [0.4, 0.5) is 24.5 Å². The number of amides is 2. The fourth-order valence-corrected chi connectivity index (χ4v) is 3.27. The molecule has 3 rings (SSSR count). The van der Waals surface area contributed by atoms with Gasteiger partial charge in [-0.05, 0) is 44.0 Å². The number of carbonyl (C=O) groups is 2. The van der Waals surface area contributed by atoms with Gasteiger partial charge >= 0.3 is 6.18 Å². The number of hydrogen-bond donors (Lipinski definition) is 4. The Bertz CT molecular complexity index is 1150. The third kappa shape index (κ3) is 6.25. The molecule has 1 aromatic heterocycles. The fraction of sp³-hybridized carbons (Fsp3) is 0.250. The SMILES string of the molecule is C=CN=C/C(=C\N)C(=O)NC1(C(=O)NC(C)c2ccc(Nc3ccccc3C(F)(F)F)cn2)CC1. The maximum atomic E-state index is 13.2. The Balaban J connectivity index is 1.63. The maximum Gasteiger partial charge on any atom is 0.418 e. The van der Waals surface area contributed by atoms with Gasteiger partial charge in [0, 0.05) is 18.6 Å². The van der Waals surface area contributed by atoms with E-state index in [1.165, 1.54) is 36.8 Å². The minimum atomic E-state index is -4.50. The van der Waals surface area contributed by atoms with Crippen molar-refractivity contribution in [1.82, 2.24) is 15.6 Å². The summed E-state index contributed by atoms with van der Waals surface area (Å²) in [5.41, 5.74) is 4.48. The lowest BCUT2D eigenvalue weighted by atomic mass is 10.1. The van der Waals surface area contributed by atoms with Gasteiger partial charge in [-0.2, -0.15) is 13.2 Å². The molecule has 0 bridgehead atoms. The lowest BCUT2D eigenvalue weighted by molar-refractivity contribution is -0.137. The molecule has 2 amide bonds. The number of alkyl halides is 3. The molecule has 0 spiro atoms. The van der Waals surface area contributed by atoms with E-state index in [4.69, 9.17) is 5.73 Å². The van der Waals surface area contributed by atoms with E-state index in [9.17, 15) is 22.8 Å². The Hall–Kier alpha value is -4.15. The van der Waals surface area contributed by atoms with Crippen molar-refractivity contribution >= 4 is 29.4 Å². The van der Waals surface area contributed by atoms with Crippen LogP contribution in [0, 0.1) is 0 Å². The molecule has 1 aliphatic rings. The van der Waals surface area contributed by atoms with E-state index in [1.807, 2.05) is 0 Å². The van der Waals surface area contributed by atoms with Gasteiger partial charge in [0.05, 0.1) is 40.4 Å². The Morgan fingerprint density at radius 2 is 1.94 bits per heavy atom. The Labute approximate surface area is 200 Å². The first-order valence-corrected chi connectivity index (χ1v) is 10.7. The number of halogens is 3. The average molecular weight is 486 g/mol. The van der Waals surface area contributed by atoms with Crippen LogP contribution in [0.1, 0.15) is 37.1 Å². The number of aromatic nitrogens is 1. The first-order valence-electron chi connectivity index (χ1n) is 10.7. The Kier molecular flexibility index (Phi) is 7.58. The Morgan fingerprint density at radius 3 is 2.51 bits per heavy atom. The molecule has 1 heterocycles. The van der Waals surface area contributed by atoms with Crippen molar-refractivity contribution in [2.45, 2.75) is 37.5 Å². The molecule has 1 aromatic carbocycles. The number of aliphatic imine (C=N–C) groups is 1. The summed E-state index contributed by atoms with van der Waals surface area (Å²) in [5.74, 6) is -0.912. The van der Waals surface area contributed by atoms with Crippen LogP contribution in [0.3, 0.4) is 0 Å². The summed E-state index contributed by atoms with van der Waals surface area (Å²) >= 11 is 0. The highest BCUT2D eigenvalue weighted by atomic mass is 19.4. The van der Waals surface area contributed by atoms with E-state index in [-0.39, 0.29) is 17.2 Å². The molecule has 0 aliphatic heterocycles. The van der Waals surface area contributed by atoms with Crippen molar-refractivity contribution in [3.05, 3.63) is 78.4 Å². The zero-order valence-electron chi connectivity index (χ0n) is 18.9. The number of nitrogens with one attached hydrogen (secondary N) is 3. The summed E-state index contributed by atoms with van der Waals surface area (Å²) in [4.78, 5) is 33.3. The molecule has 1 aliphatic carbocycles. The summed E-state index contributed by atoms with van der Waals surface area (Å²) in [7, 11) is 0. The van der Waals surface area contributed by atoms with Crippen LogP contribution in [0.2, 0.25) is 0 Å². The standard InChI is InChI=1S/C24H25F3N6O2/c1-3-29-13-16(12-28)21(34)33-23(10-11-23)22(35)31-15(2)19-9-8-17(14-30-19)32-20-7-5-4-6-18(20)24(25,26)27/h3-9,12-15,32H,1,10-11,28H2,2H3,(H,31,35)(H,33,34)/b16-12+,29-13?. The normalized spacial score (nSPS) is 15.8. The second-order valence-electron chi connectivity index (χ2n) is 7.95. The first-order chi connectivity index (χ1) is 16.6. The highest BCUT2D eigenvalue weighted by Gasteiger charge is 2.51. The van der Waals surface area contributed by atoms with Crippen LogP contribution in [0.15, 0.2) is 72.1 Å². The van der Waals surface area contributed by atoms with E-state index in [2.05, 4.69) is 32.5 Å². The molecule has 1 saturated carbocycles. The number of pyridine rings is 1. The molecule has 8 nitrogen and oxygen atoms in total. The fourth-order valence-electron chi connectivity index (χ4n) is 3.27. The zero-order chi connectivity index (χ0) is 25.6. The van der Waals surface area contributed by atoms with Crippen molar-refractivity contribution in [2.24, 2.45) is 10.7 Å². The van der Waals surface area contributed by atoms with Crippen LogP contribution in [0.5, 0.6) is 0 Å². The largest absolute Gasteiger partial charge is 0.418 e. The molecule has 5 N–H and O–H groups in total. The predicted molar refractivity (Wildman–Crippen MR) is 127 cm³/mol. The zero-order valence-corrected chi connectivity index (χ0v) is 18.9. The van der Waals surface area contributed by atoms with Crippen LogP contribution in [0.25, 0.3) is 0 Å². The monoisotopic (exact) mass is 486 g/mol. The predicted octanol–water partition coefficient (Wildman–Crippen LogP) is 3.73. The van der Waals surface area contributed by atoms with Crippen molar-refractivity contribution in [2.75, 3.05) is 5.32 Å². The van der Waals surface area contributed by atoms with Gasteiger partial charge < -0.3 is 21.7 Å². The molecule has 35 heavy (non-hydrogen) atoms. The van der Waals surface area contributed by atoms with Gasteiger partial charge in [0.2, 0.25) is 5.91 Å².